The van der Waals surface area contributed by atoms with Crippen molar-refractivity contribution < 1.29 is 13.2 Å². The first-order chi connectivity index (χ1) is 10.9. The fourth-order valence-electron chi connectivity index (χ4n) is 2.66. The zero-order valence-electron chi connectivity index (χ0n) is 13.8. The number of hydrogen-bond donors (Lipinski definition) is 0. The molecule has 0 atom stereocenters. The van der Waals surface area contributed by atoms with E-state index >= 15 is 0 Å². The minimum absolute atomic E-state index is 0.0953. The van der Waals surface area contributed by atoms with Crippen LogP contribution in [0.15, 0.2) is 30.3 Å². The van der Waals surface area contributed by atoms with Crippen molar-refractivity contribution in [2.75, 3.05) is 40.3 Å². The van der Waals surface area contributed by atoms with Gasteiger partial charge in [-0.15, -0.1) is 0 Å². The summed E-state index contributed by atoms with van der Waals surface area (Å²) >= 11 is 0. The first kappa shape index (κ1) is 17.9. The minimum atomic E-state index is -3.40. The van der Waals surface area contributed by atoms with E-state index in [1.165, 1.54) is 22.7 Å². The van der Waals surface area contributed by atoms with Crippen molar-refractivity contribution in [2.45, 2.75) is 19.3 Å². The van der Waals surface area contributed by atoms with E-state index in [4.69, 9.17) is 0 Å². The van der Waals surface area contributed by atoms with Crippen LogP contribution in [0.4, 0.5) is 0 Å². The number of rotatable bonds is 5. The predicted molar refractivity (Wildman–Crippen MR) is 90.1 cm³/mol. The number of carbonyl (C=O) groups excluding carboxylic acids is 1. The van der Waals surface area contributed by atoms with Crippen molar-refractivity contribution in [3.8, 4) is 0 Å². The first-order valence-corrected chi connectivity index (χ1v) is 9.30. The summed E-state index contributed by atoms with van der Waals surface area (Å²) in [6.07, 6.45) is 1.85. The van der Waals surface area contributed by atoms with Crippen LogP contribution < -0.4 is 0 Å². The molecule has 0 spiro atoms. The lowest BCUT2D eigenvalue weighted by Crippen LogP contribution is -2.42. The second kappa shape index (κ2) is 7.90. The molecule has 1 aromatic carbocycles. The molecule has 1 amide bonds. The van der Waals surface area contributed by atoms with Crippen LogP contribution in [0.5, 0.6) is 0 Å². The number of aryl methyl sites for hydroxylation is 1. The molecule has 0 bridgehead atoms. The van der Waals surface area contributed by atoms with Crippen LogP contribution in [-0.4, -0.2) is 68.1 Å². The molecule has 0 aromatic heterocycles. The lowest BCUT2D eigenvalue weighted by Gasteiger charge is -2.24. The number of amides is 1. The van der Waals surface area contributed by atoms with Gasteiger partial charge in [-0.25, -0.2) is 0 Å². The van der Waals surface area contributed by atoms with Crippen molar-refractivity contribution in [3.05, 3.63) is 35.9 Å². The van der Waals surface area contributed by atoms with Crippen LogP contribution in [0.1, 0.15) is 18.4 Å². The molecule has 1 heterocycles. The molecule has 6 nitrogen and oxygen atoms in total. The summed E-state index contributed by atoms with van der Waals surface area (Å²) in [5.74, 6) is 0.0953. The van der Waals surface area contributed by atoms with Gasteiger partial charge in [-0.2, -0.15) is 17.0 Å². The van der Waals surface area contributed by atoms with Crippen LogP contribution in [-0.2, 0) is 21.4 Å². The van der Waals surface area contributed by atoms with Gasteiger partial charge in [0.15, 0.2) is 0 Å². The van der Waals surface area contributed by atoms with E-state index in [9.17, 15) is 13.2 Å². The summed E-state index contributed by atoms with van der Waals surface area (Å²) in [4.78, 5) is 14.1. The summed E-state index contributed by atoms with van der Waals surface area (Å²) < 4.78 is 27.0. The van der Waals surface area contributed by atoms with E-state index in [0.717, 1.165) is 12.0 Å². The fourth-order valence-corrected chi connectivity index (χ4v) is 3.79. The average molecular weight is 339 g/mol. The standard InChI is InChI=1S/C16H25N3O3S/c1-17(2)23(21,22)19-12-6-11-18(13-14-19)16(20)10-9-15-7-4-3-5-8-15/h3-5,7-8H,6,9-14H2,1-2H3. The second-order valence-electron chi connectivity index (χ2n) is 5.91. The second-order valence-corrected chi connectivity index (χ2v) is 8.05. The van der Waals surface area contributed by atoms with Gasteiger partial charge in [0.1, 0.15) is 0 Å². The maximum atomic E-state index is 12.4. The van der Waals surface area contributed by atoms with Gasteiger partial charge in [-0.1, -0.05) is 30.3 Å². The van der Waals surface area contributed by atoms with Gasteiger partial charge in [0.2, 0.25) is 5.91 Å². The van der Waals surface area contributed by atoms with Crippen molar-refractivity contribution in [1.82, 2.24) is 13.5 Å². The highest BCUT2D eigenvalue weighted by molar-refractivity contribution is 7.86. The Hall–Kier alpha value is -1.44. The Bertz CT molecular complexity index is 617. The lowest BCUT2D eigenvalue weighted by atomic mass is 10.1. The molecule has 1 saturated heterocycles. The van der Waals surface area contributed by atoms with Gasteiger partial charge in [-0.3, -0.25) is 4.79 Å². The highest BCUT2D eigenvalue weighted by atomic mass is 32.2. The molecule has 1 aliphatic heterocycles. The normalized spacial score (nSPS) is 17.3. The minimum Gasteiger partial charge on any atom is -0.341 e. The van der Waals surface area contributed by atoms with Crippen molar-refractivity contribution in [3.63, 3.8) is 0 Å². The molecule has 1 aliphatic rings. The molecule has 0 N–H and O–H groups in total. The smallest absolute Gasteiger partial charge is 0.281 e. The van der Waals surface area contributed by atoms with Crippen LogP contribution in [0.2, 0.25) is 0 Å². The SMILES string of the molecule is CN(C)S(=O)(=O)N1CCCN(C(=O)CCc2ccccc2)CC1. The summed E-state index contributed by atoms with van der Waals surface area (Å²) in [6, 6.07) is 9.92. The third-order valence-corrected chi connectivity index (χ3v) is 6.01. The molecule has 0 radical (unpaired) electrons. The van der Waals surface area contributed by atoms with Crippen molar-refractivity contribution >= 4 is 16.1 Å². The number of nitrogens with zero attached hydrogens (tertiary/aromatic N) is 3. The fraction of sp³-hybridized carbons (Fsp3) is 0.562. The molecule has 1 fully saturated rings. The Balaban J connectivity index is 1.89. The van der Waals surface area contributed by atoms with Gasteiger partial charge in [0.25, 0.3) is 10.2 Å². The Labute approximate surface area is 138 Å². The van der Waals surface area contributed by atoms with Crippen LogP contribution in [0.3, 0.4) is 0 Å². The topological polar surface area (TPSA) is 60.9 Å². The Morgan fingerprint density at radius 2 is 1.78 bits per heavy atom. The molecule has 23 heavy (non-hydrogen) atoms. The van der Waals surface area contributed by atoms with Gasteiger partial charge in [0, 0.05) is 46.7 Å². The zero-order valence-corrected chi connectivity index (χ0v) is 14.6. The molecule has 0 aliphatic carbocycles. The molecular formula is C16H25N3O3S. The summed E-state index contributed by atoms with van der Waals surface area (Å²) in [5, 5.41) is 0. The van der Waals surface area contributed by atoms with Crippen LogP contribution in [0.25, 0.3) is 0 Å². The number of carbonyl (C=O) groups is 1. The van der Waals surface area contributed by atoms with Gasteiger partial charge >= 0.3 is 0 Å². The zero-order chi connectivity index (χ0) is 16.9. The van der Waals surface area contributed by atoms with Crippen molar-refractivity contribution in [1.29, 1.82) is 0 Å². The van der Waals surface area contributed by atoms with E-state index in [2.05, 4.69) is 0 Å². The summed E-state index contributed by atoms with van der Waals surface area (Å²) in [7, 11) is -0.337. The van der Waals surface area contributed by atoms with E-state index in [1.807, 2.05) is 30.3 Å². The predicted octanol–water partition coefficient (Wildman–Crippen LogP) is 0.960. The van der Waals surface area contributed by atoms with Gasteiger partial charge in [-0.05, 0) is 18.4 Å². The average Bonchev–Trinajstić information content (AvgIpc) is 2.80. The molecule has 7 heteroatoms. The first-order valence-electron chi connectivity index (χ1n) is 7.90. The maximum absolute atomic E-state index is 12.4. The third kappa shape index (κ3) is 4.76. The van der Waals surface area contributed by atoms with Gasteiger partial charge < -0.3 is 4.90 Å². The highest BCUT2D eigenvalue weighted by Gasteiger charge is 2.28. The summed E-state index contributed by atoms with van der Waals surface area (Å²) in [5.41, 5.74) is 1.15. The molecule has 0 saturated carbocycles. The molecular weight excluding hydrogens is 314 g/mol. The van der Waals surface area contributed by atoms with Crippen molar-refractivity contribution in [2.24, 2.45) is 0 Å². The molecule has 128 valence electrons. The number of hydrogen-bond acceptors (Lipinski definition) is 3. The van der Waals surface area contributed by atoms with E-state index in [1.54, 1.807) is 4.90 Å². The number of benzene rings is 1. The quantitative estimate of drug-likeness (QED) is 0.803. The monoisotopic (exact) mass is 339 g/mol. The largest absolute Gasteiger partial charge is 0.341 e. The van der Waals surface area contributed by atoms with E-state index in [0.29, 0.717) is 39.0 Å². The third-order valence-electron chi connectivity index (χ3n) is 4.07. The van der Waals surface area contributed by atoms with Crippen LogP contribution >= 0.6 is 0 Å². The Morgan fingerprint density at radius 3 is 2.43 bits per heavy atom. The highest BCUT2D eigenvalue weighted by Crippen LogP contribution is 2.12. The molecule has 2 rings (SSSR count). The van der Waals surface area contributed by atoms with Crippen LogP contribution in [0, 0.1) is 0 Å². The van der Waals surface area contributed by atoms with Gasteiger partial charge in [0.05, 0.1) is 0 Å². The summed E-state index contributed by atoms with van der Waals surface area (Å²) in [6.45, 7) is 1.90. The lowest BCUT2D eigenvalue weighted by molar-refractivity contribution is -0.131. The Kier molecular flexibility index (Phi) is 6.15. The van der Waals surface area contributed by atoms with E-state index in [-0.39, 0.29) is 5.91 Å². The maximum Gasteiger partial charge on any atom is 0.281 e. The van der Waals surface area contributed by atoms with E-state index < -0.39 is 10.2 Å². The molecule has 0 unspecified atom stereocenters. The Morgan fingerprint density at radius 1 is 1.09 bits per heavy atom. The molecule has 1 aromatic rings.